The highest BCUT2D eigenvalue weighted by Gasteiger charge is 2.39. The molecule has 0 saturated heterocycles. The van der Waals surface area contributed by atoms with Crippen LogP contribution in [0.15, 0.2) is 73.1 Å². The molecule has 1 aromatic heterocycles. The fourth-order valence-electron chi connectivity index (χ4n) is 2.63. The summed E-state index contributed by atoms with van der Waals surface area (Å²) in [6.07, 6.45) is 2.74. The number of nitrogens with zero attached hydrogens (tertiary/aromatic N) is 2. The summed E-state index contributed by atoms with van der Waals surface area (Å²) in [5, 5.41) is 0.458. The maximum Gasteiger partial charge on any atom is 0.367 e. The molecule has 0 bridgehead atoms. The Morgan fingerprint density at radius 3 is 2.15 bits per heavy atom. The molecular weight excluding hydrogens is 348 g/mol. The first-order valence-corrected chi connectivity index (χ1v) is 8.02. The van der Waals surface area contributed by atoms with Crippen molar-refractivity contribution in [2.75, 3.05) is 0 Å². The zero-order valence-electron chi connectivity index (χ0n) is 13.9. The van der Waals surface area contributed by atoms with Crippen molar-refractivity contribution < 1.29 is 24.0 Å². The Bertz CT molecular complexity index is 1010. The first-order chi connectivity index (χ1) is 13.1. The third kappa shape index (κ3) is 3.02. The Morgan fingerprint density at radius 2 is 1.48 bits per heavy atom. The van der Waals surface area contributed by atoms with Crippen LogP contribution < -0.4 is 4.74 Å². The van der Waals surface area contributed by atoms with Crippen molar-refractivity contribution in [3.63, 3.8) is 0 Å². The van der Waals surface area contributed by atoms with E-state index in [0.29, 0.717) is 10.8 Å². The van der Waals surface area contributed by atoms with Gasteiger partial charge in [-0.1, -0.05) is 35.4 Å². The normalized spacial score (nSPS) is 12.7. The largest absolute Gasteiger partial charge is 0.455 e. The lowest BCUT2D eigenvalue weighted by Gasteiger charge is -2.14. The van der Waals surface area contributed by atoms with Gasteiger partial charge in [-0.05, 0) is 30.3 Å². The molecule has 2 aromatic carbocycles. The van der Waals surface area contributed by atoms with Crippen LogP contribution in [0.1, 0.15) is 31.1 Å². The zero-order chi connectivity index (χ0) is 18.8. The highest BCUT2D eigenvalue weighted by Crippen LogP contribution is 2.27. The standard InChI is InChI=1S/C20H12N2O5/c23-18-14-8-4-5-9-15(14)19(24)22(18)27-20(25)16-10-11-21-12-17(16)26-13-6-2-1-3-7-13/h1-12H. The second kappa shape index (κ2) is 6.72. The van der Waals surface area contributed by atoms with Gasteiger partial charge < -0.3 is 9.57 Å². The second-order valence-corrected chi connectivity index (χ2v) is 5.62. The molecule has 0 aliphatic carbocycles. The molecule has 1 aliphatic heterocycles. The van der Waals surface area contributed by atoms with E-state index in [1.807, 2.05) is 6.07 Å². The van der Waals surface area contributed by atoms with Gasteiger partial charge in [-0.15, -0.1) is 0 Å². The number of carbonyl (C=O) groups is 3. The van der Waals surface area contributed by atoms with Gasteiger partial charge in [0.1, 0.15) is 11.3 Å². The van der Waals surface area contributed by atoms with Gasteiger partial charge in [0.05, 0.1) is 17.3 Å². The Hall–Kier alpha value is -4.00. The van der Waals surface area contributed by atoms with E-state index in [1.165, 1.54) is 30.6 Å². The van der Waals surface area contributed by atoms with Crippen LogP contribution in [0.5, 0.6) is 11.5 Å². The number of hydroxylamine groups is 2. The second-order valence-electron chi connectivity index (χ2n) is 5.62. The molecule has 7 nitrogen and oxygen atoms in total. The first-order valence-electron chi connectivity index (χ1n) is 8.02. The fourth-order valence-corrected chi connectivity index (χ4v) is 2.63. The average molecular weight is 360 g/mol. The Balaban J connectivity index is 1.58. The van der Waals surface area contributed by atoms with Gasteiger partial charge in [0.25, 0.3) is 11.8 Å². The predicted octanol–water partition coefficient (Wildman–Crippen LogP) is 3.24. The number of pyridine rings is 1. The lowest BCUT2D eigenvalue weighted by atomic mass is 10.1. The number of ether oxygens (including phenoxy) is 1. The van der Waals surface area contributed by atoms with Crippen molar-refractivity contribution in [1.29, 1.82) is 0 Å². The molecule has 3 aromatic rings. The lowest BCUT2D eigenvalue weighted by Crippen LogP contribution is -2.32. The summed E-state index contributed by atoms with van der Waals surface area (Å²) in [6.45, 7) is 0. The molecule has 2 heterocycles. The molecule has 0 unspecified atom stereocenters. The van der Waals surface area contributed by atoms with E-state index in [2.05, 4.69) is 4.98 Å². The SMILES string of the molecule is O=C(ON1C(=O)c2ccccc2C1=O)c1ccncc1Oc1ccccc1. The molecule has 1 aliphatic rings. The maximum absolute atomic E-state index is 12.6. The van der Waals surface area contributed by atoms with Crippen LogP contribution in [0.3, 0.4) is 0 Å². The molecule has 0 spiro atoms. The third-order valence-electron chi connectivity index (χ3n) is 3.91. The molecule has 4 rings (SSSR count). The maximum atomic E-state index is 12.6. The van der Waals surface area contributed by atoms with Gasteiger partial charge in [-0.3, -0.25) is 14.6 Å². The molecule has 0 fully saturated rings. The van der Waals surface area contributed by atoms with E-state index in [1.54, 1.807) is 36.4 Å². The number of hydrogen-bond acceptors (Lipinski definition) is 6. The van der Waals surface area contributed by atoms with E-state index < -0.39 is 17.8 Å². The van der Waals surface area contributed by atoms with Gasteiger partial charge in [-0.25, -0.2) is 4.79 Å². The lowest BCUT2D eigenvalue weighted by molar-refractivity contribution is -0.0586. The van der Waals surface area contributed by atoms with Crippen molar-refractivity contribution in [3.05, 3.63) is 89.7 Å². The van der Waals surface area contributed by atoms with Crippen LogP contribution in [-0.2, 0) is 4.84 Å². The number of amides is 2. The molecule has 132 valence electrons. The van der Waals surface area contributed by atoms with Gasteiger partial charge in [0.15, 0.2) is 5.75 Å². The monoisotopic (exact) mass is 360 g/mol. The molecule has 0 atom stereocenters. The van der Waals surface area contributed by atoms with Gasteiger partial charge >= 0.3 is 5.97 Å². The average Bonchev–Trinajstić information content (AvgIpc) is 2.94. The number of para-hydroxylation sites is 1. The zero-order valence-corrected chi connectivity index (χ0v) is 13.9. The van der Waals surface area contributed by atoms with Gasteiger partial charge in [-0.2, -0.15) is 0 Å². The Kier molecular flexibility index (Phi) is 4.10. The van der Waals surface area contributed by atoms with E-state index in [-0.39, 0.29) is 22.4 Å². The summed E-state index contributed by atoms with van der Waals surface area (Å²) in [5.41, 5.74) is 0.405. The Labute approximate surface area is 153 Å². The van der Waals surface area contributed by atoms with Crippen molar-refractivity contribution in [2.45, 2.75) is 0 Å². The number of fused-ring (bicyclic) bond motifs is 1. The van der Waals surface area contributed by atoms with E-state index in [9.17, 15) is 14.4 Å². The van der Waals surface area contributed by atoms with Crippen molar-refractivity contribution >= 4 is 17.8 Å². The first kappa shape index (κ1) is 16.5. The molecule has 2 amide bonds. The van der Waals surface area contributed by atoms with Crippen LogP contribution in [0, 0.1) is 0 Å². The summed E-state index contributed by atoms with van der Waals surface area (Å²) >= 11 is 0. The number of imide groups is 1. The summed E-state index contributed by atoms with van der Waals surface area (Å²) in [7, 11) is 0. The Morgan fingerprint density at radius 1 is 0.852 bits per heavy atom. The quantitative estimate of drug-likeness (QED) is 0.664. The molecule has 0 saturated carbocycles. The number of carbonyl (C=O) groups excluding carboxylic acids is 3. The van der Waals surface area contributed by atoms with Gasteiger partial charge in [0, 0.05) is 6.20 Å². The number of hydrogen-bond donors (Lipinski definition) is 0. The minimum Gasteiger partial charge on any atom is -0.455 e. The summed E-state index contributed by atoms with van der Waals surface area (Å²) in [4.78, 5) is 46.3. The van der Waals surface area contributed by atoms with E-state index >= 15 is 0 Å². The smallest absolute Gasteiger partial charge is 0.367 e. The topological polar surface area (TPSA) is 85.8 Å². The van der Waals surface area contributed by atoms with Crippen LogP contribution in [-0.4, -0.2) is 27.8 Å². The van der Waals surface area contributed by atoms with Crippen molar-refractivity contribution in [1.82, 2.24) is 10.0 Å². The molecular formula is C20H12N2O5. The van der Waals surface area contributed by atoms with Gasteiger partial charge in [0.2, 0.25) is 0 Å². The minimum atomic E-state index is -0.905. The van der Waals surface area contributed by atoms with Crippen molar-refractivity contribution in [3.8, 4) is 11.5 Å². The number of rotatable bonds is 4. The fraction of sp³-hybridized carbons (Fsp3) is 0. The molecule has 27 heavy (non-hydrogen) atoms. The highest BCUT2D eigenvalue weighted by molar-refractivity contribution is 6.21. The molecule has 7 heteroatoms. The van der Waals surface area contributed by atoms with Crippen LogP contribution in [0.25, 0.3) is 0 Å². The summed E-state index contributed by atoms with van der Waals surface area (Å²) in [6, 6.07) is 16.5. The van der Waals surface area contributed by atoms with E-state index in [4.69, 9.17) is 9.57 Å². The van der Waals surface area contributed by atoms with Crippen LogP contribution in [0.2, 0.25) is 0 Å². The number of benzene rings is 2. The summed E-state index contributed by atoms with van der Waals surface area (Å²) in [5.74, 6) is -1.64. The highest BCUT2D eigenvalue weighted by atomic mass is 16.7. The van der Waals surface area contributed by atoms with Crippen LogP contribution >= 0.6 is 0 Å². The third-order valence-corrected chi connectivity index (χ3v) is 3.91. The van der Waals surface area contributed by atoms with Crippen molar-refractivity contribution in [2.24, 2.45) is 0 Å². The van der Waals surface area contributed by atoms with Crippen LogP contribution in [0.4, 0.5) is 0 Å². The van der Waals surface area contributed by atoms with E-state index in [0.717, 1.165) is 0 Å². The predicted molar refractivity (Wildman–Crippen MR) is 93.1 cm³/mol. The number of aromatic nitrogens is 1. The summed E-state index contributed by atoms with van der Waals surface area (Å²) < 4.78 is 5.66. The molecule has 0 N–H and O–H groups in total. The minimum absolute atomic E-state index is 0.0328. The molecule has 0 radical (unpaired) electrons.